The van der Waals surface area contributed by atoms with Crippen LogP contribution in [0.4, 0.5) is 0 Å². The number of hydrogen-bond donors (Lipinski definition) is 0. The van der Waals surface area contributed by atoms with Crippen molar-refractivity contribution in [3.63, 3.8) is 0 Å². The minimum absolute atomic E-state index is 0.230. The Kier molecular flexibility index (Phi) is 1.85. The van der Waals surface area contributed by atoms with Crippen LogP contribution in [0.2, 0.25) is 0 Å². The molecule has 2 aliphatic rings. The first-order valence-corrected chi connectivity index (χ1v) is 4.53. The molecule has 0 aromatic rings. The van der Waals surface area contributed by atoms with E-state index in [9.17, 15) is 4.79 Å². The smallest absolute Gasteiger partial charge is 0.311 e. The van der Waals surface area contributed by atoms with Crippen molar-refractivity contribution in [2.75, 3.05) is 13.7 Å². The van der Waals surface area contributed by atoms with Crippen molar-refractivity contribution < 1.29 is 19.0 Å². The van der Waals surface area contributed by atoms with Crippen molar-refractivity contribution in [2.45, 2.75) is 37.6 Å². The standard InChI is InChI=1S/C9H14O4/c1-8-6-7(10)13-9(8,11-2)4-3-5-12-8/h3-6H2,1-2H3/t8-,9-/m0/s1. The van der Waals surface area contributed by atoms with Crippen LogP contribution in [0.1, 0.15) is 26.2 Å². The maximum Gasteiger partial charge on any atom is 0.311 e. The van der Waals surface area contributed by atoms with E-state index in [-0.39, 0.29) is 5.97 Å². The third-order valence-corrected chi connectivity index (χ3v) is 2.97. The predicted molar refractivity (Wildman–Crippen MR) is 44.0 cm³/mol. The fraction of sp³-hybridized carbons (Fsp3) is 0.889. The number of rotatable bonds is 1. The molecule has 0 N–H and O–H groups in total. The minimum atomic E-state index is -0.831. The molecule has 2 fully saturated rings. The van der Waals surface area contributed by atoms with E-state index in [0.717, 1.165) is 12.8 Å². The number of esters is 1. The molecule has 2 atom stereocenters. The summed E-state index contributed by atoms with van der Waals surface area (Å²) in [6.45, 7) is 2.55. The van der Waals surface area contributed by atoms with Gasteiger partial charge in [-0.1, -0.05) is 0 Å². The van der Waals surface area contributed by atoms with Gasteiger partial charge in [-0.05, 0) is 13.3 Å². The SMILES string of the molecule is CO[C@]12CCCO[C@@]1(C)CC(=O)O2. The molecule has 4 nitrogen and oxygen atoms in total. The molecule has 0 saturated carbocycles. The highest BCUT2D eigenvalue weighted by Gasteiger charge is 2.61. The lowest BCUT2D eigenvalue weighted by Crippen LogP contribution is -2.55. The fourth-order valence-corrected chi connectivity index (χ4v) is 2.18. The average Bonchev–Trinajstić information content (AvgIpc) is 2.35. The highest BCUT2D eigenvalue weighted by Crippen LogP contribution is 2.45. The lowest BCUT2D eigenvalue weighted by molar-refractivity contribution is -0.293. The summed E-state index contributed by atoms with van der Waals surface area (Å²) in [5, 5.41) is 0. The zero-order valence-corrected chi connectivity index (χ0v) is 7.96. The first-order valence-electron chi connectivity index (χ1n) is 4.53. The molecule has 2 heterocycles. The van der Waals surface area contributed by atoms with Gasteiger partial charge in [-0.2, -0.15) is 0 Å². The van der Waals surface area contributed by atoms with Crippen LogP contribution in [0.25, 0.3) is 0 Å². The quantitative estimate of drug-likeness (QED) is 0.569. The summed E-state index contributed by atoms with van der Waals surface area (Å²) in [6.07, 6.45) is 1.89. The molecule has 2 saturated heterocycles. The highest BCUT2D eigenvalue weighted by atomic mass is 16.7. The van der Waals surface area contributed by atoms with Crippen molar-refractivity contribution in [1.82, 2.24) is 0 Å². The molecule has 13 heavy (non-hydrogen) atoms. The van der Waals surface area contributed by atoms with Gasteiger partial charge >= 0.3 is 5.97 Å². The number of methoxy groups -OCH3 is 1. The molecule has 2 aliphatic heterocycles. The Balaban J connectivity index is 2.32. The number of ether oxygens (including phenoxy) is 3. The van der Waals surface area contributed by atoms with Crippen molar-refractivity contribution >= 4 is 5.97 Å². The molecule has 0 aromatic carbocycles. The Morgan fingerprint density at radius 3 is 2.92 bits per heavy atom. The monoisotopic (exact) mass is 186 g/mol. The first-order chi connectivity index (χ1) is 6.12. The largest absolute Gasteiger partial charge is 0.430 e. The number of carbonyl (C=O) groups excluding carboxylic acids is 1. The van der Waals surface area contributed by atoms with Gasteiger partial charge in [0.1, 0.15) is 5.60 Å². The molecule has 4 heteroatoms. The summed E-state index contributed by atoms with van der Waals surface area (Å²) in [5.41, 5.74) is -0.586. The van der Waals surface area contributed by atoms with E-state index >= 15 is 0 Å². The Hall–Kier alpha value is -0.610. The van der Waals surface area contributed by atoms with E-state index in [1.807, 2.05) is 6.92 Å². The van der Waals surface area contributed by atoms with E-state index < -0.39 is 11.4 Å². The van der Waals surface area contributed by atoms with Crippen LogP contribution in [-0.4, -0.2) is 31.1 Å². The maximum atomic E-state index is 11.2. The summed E-state index contributed by atoms with van der Waals surface area (Å²) in [5.74, 6) is -1.06. The Morgan fingerprint density at radius 2 is 2.31 bits per heavy atom. The first kappa shape index (κ1) is 8.97. The summed E-state index contributed by atoms with van der Waals surface area (Å²) < 4.78 is 16.1. The zero-order chi connectivity index (χ0) is 9.53. The van der Waals surface area contributed by atoms with E-state index in [0.29, 0.717) is 13.0 Å². The Bertz CT molecular complexity index is 240. The van der Waals surface area contributed by atoms with Crippen LogP contribution < -0.4 is 0 Å². The van der Waals surface area contributed by atoms with Gasteiger partial charge in [0, 0.05) is 20.1 Å². The van der Waals surface area contributed by atoms with Gasteiger partial charge in [0.05, 0.1) is 6.42 Å². The predicted octanol–water partition coefficient (Wildman–Crippen LogP) is 0.845. The molecule has 0 amide bonds. The third kappa shape index (κ3) is 1.09. The van der Waals surface area contributed by atoms with Crippen LogP contribution in [-0.2, 0) is 19.0 Å². The second-order valence-electron chi connectivity index (χ2n) is 3.79. The molecule has 0 unspecified atom stereocenters. The molecule has 0 bridgehead atoms. The van der Waals surface area contributed by atoms with Crippen molar-refractivity contribution in [3.05, 3.63) is 0 Å². The van der Waals surface area contributed by atoms with Gasteiger partial charge in [-0.15, -0.1) is 0 Å². The van der Waals surface area contributed by atoms with Crippen LogP contribution >= 0.6 is 0 Å². The van der Waals surface area contributed by atoms with Gasteiger partial charge in [-0.25, -0.2) is 0 Å². The van der Waals surface area contributed by atoms with E-state index in [1.165, 1.54) is 0 Å². The summed E-state index contributed by atoms with van der Waals surface area (Å²) >= 11 is 0. The normalized spacial score (nSPS) is 44.3. The molecule has 0 aromatic heterocycles. The lowest BCUT2D eigenvalue weighted by Gasteiger charge is -2.42. The Morgan fingerprint density at radius 1 is 1.54 bits per heavy atom. The second-order valence-corrected chi connectivity index (χ2v) is 3.79. The summed E-state index contributed by atoms with van der Waals surface area (Å²) in [7, 11) is 1.56. The molecule has 0 aliphatic carbocycles. The minimum Gasteiger partial charge on any atom is -0.430 e. The van der Waals surface area contributed by atoms with Gasteiger partial charge in [0.25, 0.3) is 0 Å². The second kappa shape index (κ2) is 2.69. The number of fused-ring (bicyclic) bond motifs is 1. The van der Waals surface area contributed by atoms with Gasteiger partial charge in [0.15, 0.2) is 0 Å². The van der Waals surface area contributed by atoms with E-state index in [1.54, 1.807) is 7.11 Å². The molecule has 2 rings (SSSR count). The molecule has 0 spiro atoms. The Labute approximate surface area is 77.1 Å². The third-order valence-electron chi connectivity index (χ3n) is 2.97. The van der Waals surface area contributed by atoms with E-state index in [2.05, 4.69) is 0 Å². The van der Waals surface area contributed by atoms with Gasteiger partial charge in [-0.3, -0.25) is 4.79 Å². The van der Waals surface area contributed by atoms with Crippen molar-refractivity contribution in [3.8, 4) is 0 Å². The van der Waals surface area contributed by atoms with Crippen LogP contribution in [0, 0.1) is 0 Å². The zero-order valence-electron chi connectivity index (χ0n) is 7.96. The van der Waals surface area contributed by atoms with Crippen LogP contribution in [0.3, 0.4) is 0 Å². The summed E-state index contributed by atoms with van der Waals surface area (Å²) in [4.78, 5) is 11.2. The maximum absolute atomic E-state index is 11.2. The topological polar surface area (TPSA) is 44.8 Å². The molecule has 74 valence electrons. The van der Waals surface area contributed by atoms with E-state index in [4.69, 9.17) is 14.2 Å². The average molecular weight is 186 g/mol. The summed E-state index contributed by atoms with van der Waals surface area (Å²) in [6, 6.07) is 0. The highest BCUT2D eigenvalue weighted by molar-refractivity contribution is 5.74. The molecule has 0 radical (unpaired) electrons. The van der Waals surface area contributed by atoms with Crippen LogP contribution in [0.5, 0.6) is 0 Å². The number of carbonyl (C=O) groups is 1. The van der Waals surface area contributed by atoms with Gasteiger partial charge in [0.2, 0.25) is 5.79 Å². The van der Waals surface area contributed by atoms with Gasteiger partial charge < -0.3 is 14.2 Å². The molecular weight excluding hydrogens is 172 g/mol. The molecular formula is C9H14O4. The lowest BCUT2D eigenvalue weighted by atomic mass is 9.88. The van der Waals surface area contributed by atoms with Crippen LogP contribution in [0.15, 0.2) is 0 Å². The van der Waals surface area contributed by atoms with Crippen molar-refractivity contribution in [2.24, 2.45) is 0 Å². The number of hydrogen-bond acceptors (Lipinski definition) is 4. The fourth-order valence-electron chi connectivity index (χ4n) is 2.18. The van der Waals surface area contributed by atoms with Crippen molar-refractivity contribution in [1.29, 1.82) is 0 Å².